The second kappa shape index (κ2) is 6.96. The normalized spacial score (nSPS) is 13.6. The van der Waals surface area contributed by atoms with Crippen LogP contribution >= 0.6 is 0 Å². The van der Waals surface area contributed by atoms with E-state index in [-0.39, 0.29) is 11.1 Å². The quantitative estimate of drug-likeness (QED) is 0.739. The summed E-state index contributed by atoms with van der Waals surface area (Å²) >= 11 is 0. The minimum atomic E-state index is -1.08. The maximum atomic E-state index is 13.9. The van der Waals surface area contributed by atoms with E-state index in [1.54, 1.807) is 12.1 Å². The van der Waals surface area contributed by atoms with Crippen molar-refractivity contribution in [2.24, 2.45) is 0 Å². The highest BCUT2D eigenvalue weighted by molar-refractivity contribution is 6.05. The van der Waals surface area contributed by atoms with Crippen LogP contribution in [0.5, 0.6) is 0 Å². The number of benzene rings is 1. The lowest BCUT2D eigenvalue weighted by Gasteiger charge is -2.23. The first kappa shape index (κ1) is 17.0. The van der Waals surface area contributed by atoms with Crippen LogP contribution in [0.1, 0.15) is 28.8 Å². The van der Waals surface area contributed by atoms with Crippen LogP contribution in [-0.4, -0.2) is 28.6 Å². The Morgan fingerprint density at radius 1 is 1.24 bits per heavy atom. The van der Waals surface area contributed by atoms with Crippen molar-refractivity contribution in [3.63, 3.8) is 0 Å². The summed E-state index contributed by atoms with van der Waals surface area (Å²) in [5, 5.41) is 2.51. The minimum absolute atomic E-state index is 0.246. The fourth-order valence-electron chi connectivity index (χ4n) is 2.82. The van der Waals surface area contributed by atoms with Gasteiger partial charge in [0.2, 0.25) is 0 Å². The van der Waals surface area contributed by atoms with E-state index in [4.69, 9.17) is 0 Å². The molecule has 25 heavy (non-hydrogen) atoms. The van der Waals surface area contributed by atoms with Crippen molar-refractivity contribution in [2.45, 2.75) is 18.9 Å². The zero-order chi connectivity index (χ0) is 18.0. The third kappa shape index (κ3) is 3.22. The number of alkyl halides is 1. The third-order valence-corrected chi connectivity index (χ3v) is 4.22. The molecule has 4 nitrogen and oxygen atoms in total. The number of halogens is 3. The van der Waals surface area contributed by atoms with Crippen molar-refractivity contribution in [1.82, 2.24) is 15.3 Å². The van der Waals surface area contributed by atoms with Crippen molar-refractivity contribution >= 4 is 16.9 Å². The van der Waals surface area contributed by atoms with Crippen molar-refractivity contribution in [3.05, 3.63) is 65.5 Å². The predicted molar refractivity (Wildman–Crippen MR) is 88.1 cm³/mol. The van der Waals surface area contributed by atoms with Crippen molar-refractivity contribution in [2.75, 3.05) is 6.67 Å². The number of H-pyrrole nitrogens is 1. The van der Waals surface area contributed by atoms with Gasteiger partial charge < -0.3 is 10.3 Å². The molecule has 7 heteroatoms. The highest BCUT2D eigenvalue weighted by Gasteiger charge is 2.27. The molecule has 2 atom stereocenters. The molecule has 0 aliphatic heterocycles. The first-order valence-electron chi connectivity index (χ1n) is 7.75. The zero-order valence-electron chi connectivity index (χ0n) is 13.4. The van der Waals surface area contributed by atoms with Crippen LogP contribution in [0, 0.1) is 11.6 Å². The molecule has 2 unspecified atom stereocenters. The lowest BCUT2D eigenvalue weighted by atomic mass is 9.92. The zero-order valence-corrected chi connectivity index (χ0v) is 13.4. The molecular weight excluding hydrogens is 331 g/mol. The van der Waals surface area contributed by atoms with Gasteiger partial charge in [0.1, 0.15) is 23.8 Å². The molecule has 0 saturated carbocycles. The Morgan fingerprint density at radius 3 is 2.64 bits per heavy atom. The smallest absolute Gasteiger partial charge is 0.255 e. The number of amides is 1. The molecule has 0 fully saturated rings. The van der Waals surface area contributed by atoms with Crippen molar-refractivity contribution in [3.8, 4) is 0 Å². The Hall–Kier alpha value is -2.83. The lowest BCUT2D eigenvalue weighted by Crippen LogP contribution is -2.40. The molecule has 2 heterocycles. The van der Waals surface area contributed by atoms with Crippen LogP contribution in [-0.2, 0) is 0 Å². The average Bonchev–Trinajstić information content (AvgIpc) is 3.03. The molecule has 0 spiro atoms. The molecular formula is C18H16F3N3O. The van der Waals surface area contributed by atoms with Gasteiger partial charge in [0.05, 0.1) is 17.1 Å². The number of rotatable bonds is 5. The number of aromatic amines is 1. The topological polar surface area (TPSA) is 57.8 Å². The van der Waals surface area contributed by atoms with Crippen molar-refractivity contribution < 1.29 is 18.0 Å². The number of carbonyl (C=O) groups excluding carboxylic acids is 1. The van der Waals surface area contributed by atoms with Crippen molar-refractivity contribution in [1.29, 1.82) is 0 Å². The van der Waals surface area contributed by atoms with E-state index in [0.29, 0.717) is 11.0 Å². The Labute approximate surface area is 142 Å². The predicted octanol–water partition coefficient (Wildman–Crippen LogP) is 3.71. The summed E-state index contributed by atoms with van der Waals surface area (Å²) in [5.41, 5.74) is 1.11. The summed E-state index contributed by atoms with van der Waals surface area (Å²) in [4.78, 5) is 19.5. The lowest BCUT2D eigenvalue weighted by molar-refractivity contribution is 0.0924. The fraction of sp³-hybridized carbons (Fsp3) is 0.222. The number of aromatic nitrogens is 2. The molecule has 3 rings (SSSR count). The van der Waals surface area contributed by atoms with Gasteiger partial charge in [-0.3, -0.25) is 9.78 Å². The van der Waals surface area contributed by atoms with E-state index in [1.807, 2.05) is 0 Å². The van der Waals surface area contributed by atoms with Crippen LogP contribution in [0.2, 0.25) is 0 Å². The number of carbonyl (C=O) groups is 1. The van der Waals surface area contributed by atoms with Gasteiger partial charge >= 0.3 is 0 Å². The number of pyridine rings is 1. The number of hydrogen-bond donors (Lipinski definition) is 2. The van der Waals surface area contributed by atoms with Crippen LogP contribution in [0.25, 0.3) is 11.0 Å². The molecule has 0 bridgehead atoms. The summed E-state index contributed by atoms with van der Waals surface area (Å²) in [6.07, 6.45) is 3.01. The highest BCUT2D eigenvalue weighted by atomic mass is 19.1. The molecule has 3 aromatic rings. The van der Waals surface area contributed by atoms with Gasteiger partial charge in [0, 0.05) is 23.9 Å². The van der Waals surface area contributed by atoms with Crippen LogP contribution in [0.4, 0.5) is 13.2 Å². The SMILES string of the molecule is CC(c1c(F)cccc1F)C(CF)NC(=O)c1c[nH]c2cccnc12. The van der Waals surface area contributed by atoms with E-state index in [9.17, 15) is 18.0 Å². The largest absolute Gasteiger partial charge is 0.359 e. The van der Waals surface area contributed by atoms with E-state index in [2.05, 4.69) is 15.3 Å². The molecule has 0 saturated heterocycles. The highest BCUT2D eigenvalue weighted by Crippen LogP contribution is 2.26. The Kier molecular flexibility index (Phi) is 4.74. The maximum Gasteiger partial charge on any atom is 0.255 e. The molecule has 0 aliphatic carbocycles. The van der Waals surface area contributed by atoms with Crippen LogP contribution < -0.4 is 5.32 Å². The Balaban J connectivity index is 1.85. The van der Waals surface area contributed by atoms with E-state index >= 15 is 0 Å². The Bertz CT molecular complexity index is 889. The van der Waals surface area contributed by atoms with Gasteiger partial charge in [-0.1, -0.05) is 13.0 Å². The molecule has 1 amide bonds. The molecule has 130 valence electrons. The number of hydrogen-bond acceptors (Lipinski definition) is 2. The number of nitrogens with zero attached hydrogens (tertiary/aromatic N) is 1. The van der Waals surface area contributed by atoms with E-state index in [0.717, 1.165) is 12.1 Å². The van der Waals surface area contributed by atoms with Crippen LogP contribution in [0.3, 0.4) is 0 Å². The standard InChI is InChI=1S/C18H16F3N3O/c1-10(16-12(20)4-2-5-13(16)21)15(8-19)24-18(25)11-9-23-14-6-3-7-22-17(11)14/h2-7,9-10,15,23H,8H2,1H3,(H,24,25). The molecule has 2 N–H and O–H groups in total. The summed E-state index contributed by atoms with van der Waals surface area (Å²) in [7, 11) is 0. The minimum Gasteiger partial charge on any atom is -0.359 e. The molecule has 0 aliphatic rings. The second-order valence-electron chi connectivity index (χ2n) is 5.76. The van der Waals surface area contributed by atoms with Gasteiger partial charge in [-0.25, -0.2) is 13.2 Å². The third-order valence-electron chi connectivity index (χ3n) is 4.22. The van der Waals surface area contributed by atoms with Gasteiger partial charge in [-0.15, -0.1) is 0 Å². The average molecular weight is 347 g/mol. The fourth-order valence-corrected chi connectivity index (χ4v) is 2.82. The molecule has 0 radical (unpaired) electrons. The number of nitrogens with one attached hydrogen (secondary N) is 2. The monoisotopic (exact) mass is 347 g/mol. The van der Waals surface area contributed by atoms with Gasteiger partial charge in [-0.2, -0.15) is 0 Å². The maximum absolute atomic E-state index is 13.9. The van der Waals surface area contributed by atoms with Gasteiger partial charge in [-0.05, 0) is 24.3 Å². The summed E-state index contributed by atoms with van der Waals surface area (Å²) in [6, 6.07) is 5.84. The first-order valence-corrected chi connectivity index (χ1v) is 7.75. The Morgan fingerprint density at radius 2 is 1.96 bits per heavy atom. The van der Waals surface area contributed by atoms with Gasteiger partial charge in [0.25, 0.3) is 5.91 Å². The molecule has 2 aromatic heterocycles. The summed E-state index contributed by atoms with van der Waals surface area (Å²) in [6.45, 7) is 0.510. The second-order valence-corrected chi connectivity index (χ2v) is 5.76. The van der Waals surface area contributed by atoms with Gasteiger partial charge in [0.15, 0.2) is 0 Å². The van der Waals surface area contributed by atoms with Crippen LogP contribution in [0.15, 0.2) is 42.7 Å². The van der Waals surface area contributed by atoms with E-state index < -0.39 is 36.2 Å². The van der Waals surface area contributed by atoms with E-state index in [1.165, 1.54) is 25.4 Å². The number of fused-ring (bicyclic) bond motifs is 1. The summed E-state index contributed by atoms with van der Waals surface area (Å²) < 4.78 is 41.3. The summed E-state index contributed by atoms with van der Waals surface area (Å²) in [5.74, 6) is -2.98. The molecule has 1 aromatic carbocycles. The first-order chi connectivity index (χ1) is 12.0.